The maximum absolute atomic E-state index is 14.0. The average Bonchev–Trinajstić information content (AvgIpc) is 3.01. The van der Waals surface area contributed by atoms with E-state index in [1.165, 1.54) is 49.8 Å². The van der Waals surface area contributed by atoms with E-state index in [4.69, 9.17) is 16.3 Å². The SMILES string of the molecule is CC.COc1cc(-c2cccc(F)c2)c(Cl)cc1-c1ncnc2cc(S(=O)Oc3c(F)c(F)c(F)c(F)c3F)ccc12. The largest absolute Gasteiger partial charge is 0.496 e. The molecule has 1 heterocycles. The quantitative estimate of drug-likeness (QED) is 0.108. The number of halogens is 7. The number of hydrogen-bond donors (Lipinski definition) is 0. The van der Waals surface area contributed by atoms with E-state index in [9.17, 15) is 30.6 Å². The molecule has 0 fully saturated rings. The lowest BCUT2D eigenvalue weighted by Gasteiger charge is -2.14. The second kappa shape index (κ2) is 12.8. The molecule has 0 N–H and O–H groups in total. The molecule has 0 radical (unpaired) electrons. The summed E-state index contributed by atoms with van der Waals surface area (Å²) in [5.41, 5.74) is 2.00. The molecule has 5 nitrogen and oxygen atoms in total. The third kappa shape index (κ3) is 5.77. The van der Waals surface area contributed by atoms with Crippen LogP contribution in [0.4, 0.5) is 26.3 Å². The fraction of sp³-hybridized carbons (Fsp3) is 0.103. The summed E-state index contributed by atoms with van der Waals surface area (Å²) in [6, 6.07) is 12.9. The van der Waals surface area contributed by atoms with Gasteiger partial charge in [-0.2, -0.15) is 8.78 Å². The van der Waals surface area contributed by atoms with Gasteiger partial charge in [-0.15, -0.1) is 0 Å². The van der Waals surface area contributed by atoms with Crippen LogP contribution in [0.2, 0.25) is 5.02 Å². The van der Waals surface area contributed by atoms with Gasteiger partial charge in [-0.1, -0.05) is 37.6 Å². The Bertz CT molecular complexity index is 1810. The van der Waals surface area contributed by atoms with E-state index in [1.54, 1.807) is 18.2 Å². The molecule has 1 aromatic heterocycles. The predicted octanol–water partition coefficient (Wildman–Crippen LogP) is 8.59. The Labute approximate surface area is 243 Å². The summed E-state index contributed by atoms with van der Waals surface area (Å²) < 4.78 is 105. The summed E-state index contributed by atoms with van der Waals surface area (Å²) in [6.45, 7) is 4.00. The van der Waals surface area contributed by atoms with Crippen molar-refractivity contribution in [2.75, 3.05) is 7.11 Å². The Morgan fingerprint density at radius 2 is 1.45 bits per heavy atom. The van der Waals surface area contributed by atoms with Crippen LogP contribution in [0.25, 0.3) is 33.3 Å². The number of ether oxygens (including phenoxy) is 1. The first-order valence-electron chi connectivity index (χ1n) is 12.1. The van der Waals surface area contributed by atoms with Crippen molar-refractivity contribution in [3.63, 3.8) is 0 Å². The van der Waals surface area contributed by atoms with E-state index in [1.807, 2.05) is 13.8 Å². The van der Waals surface area contributed by atoms with Crippen molar-refractivity contribution in [2.24, 2.45) is 0 Å². The Hall–Kier alpha value is -4.16. The first-order chi connectivity index (χ1) is 20.1. The topological polar surface area (TPSA) is 61.3 Å². The van der Waals surface area contributed by atoms with E-state index in [-0.39, 0.29) is 15.4 Å². The first kappa shape index (κ1) is 30.8. The molecule has 42 heavy (non-hydrogen) atoms. The third-order valence-corrected chi connectivity index (χ3v) is 7.08. The van der Waals surface area contributed by atoms with Gasteiger partial charge < -0.3 is 8.92 Å². The standard InChI is InChI=1S/C27H13ClF6N2O3S.C2H6/c1-38-20-10-16(12-3-2-4-13(29)7-12)18(28)9-17(20)26-15-6-5-14(8-19(15)35-11-36-26)40(37)39-27-24(33)22(31)21(30)23(32)25(27)34;1-2/h2-11H,1H3;1-2H3. The van der Waals surface area contributed by atoms with E-state index < -0.39 is 51.7 Å². The minimum Gasteiger partial charge on any atom is -0.496 e. The molecule has 0 bridgehead atoms. The van der Waals surface area contributed by atoms with E-state index in [2.05, 4.69) is 14.2 Å². The van der Waals surface area contributed by atoms with Crippen LogP contribution in [0.15, 0.2) is 65.8 Å². The summed E-state index contributed by atoms with van der Waals surface area (Å²) in [7, 11) is 1.42. The van der Waals surface area contributed by atoms with Crippen LogP contribution in [0.5, 0.6) is 11.5 Å². The molecule has 0 aliphatic heterocycles. The maximum Gasteiger partial charge on any atom is 0.240 e. The molecule has 13 heteroatoms. The molecule has 1 unspecified atom stereocenters. The van der Waals surface area contributed by atoms with E-state index >= 15 is 0 Å². The molecule has 0 saturated carbocycles. The molecular weight excluding hydrogens is 606 g/mol. The third-order valence-electron chi connectivity index (χ3n) is 5.81. The monoisotopic (exact) mass is 624 g/mol. The highest BCUT2D eigenvalue weighted by atomic mass is 35.5. The molecule has 0 aliphatic rings. The summed E-state index contributed by atoms with van der Waals surface area (Å²) >= 11 is 3.84. The van der Waals surface area contributed by atoms with Crippen LogP contribution >= 0.6 is 11.6 Å². The van der Waals surface area contributed by atoms with Crippen LogP contribution in [0.1, 0.15) is 13.8 Å². The molecule has 218 valence electrons. The minimum absolute atomic E-state index is 0.187. The van der Waals surface area contributed by atoms with Crippen LogP contribution in [0.3, 0.4) is 0 Å². The molecular formula is C29H19ClF6N2O3S. The van der Waals surface area contributed by atoms with Crippen molar-refractivity contribution in [1.82, 2.24) is 9.97 Å². The summed E-state index contributed by atoms with van der Waals surface area (Å²) in [5.74, 6) is -13.2. The van der Waals surface area contributed by atoms with E-state index in [0.29, 0.717) is 33.5 Å². The number of methoxy groups -OCH3 is 1. The van der Waals surface area contributed by atoms with Gasteiger partial charge in [0.05, 0.1) is 23.2 Å². The van der Waals surface area contributed by atoms with Crippen molar-refractivity contribution in [1.29, 1.82) is 0 Å². The van der Waals surface area contributed by atoms with Gasteiger partial charge in [0.1, 0.15) is 17.9 Å². The number of hydrogen-bond acceptors (Lipinski definition) is 5. The summed E-state index contributed by atoms with van der Waals surface area (Å²) in [5, 5.41) is 0.675. The molecule has 0 saturated heterocycles. The number of benzene rings is 4. The number of rotatable bonds is 6. The van der Waals surface area contributed by atoms with Crippen molar-refractivity contribution in [3.8, 4) is 33.9 Å². The minimum atomic E-state index is -2.69. The van der Waals surface area contributed by atoms with Crippen molar-refractivity contribution < 1.29 is 39.5 Å². The lowest BCUT2D eigenvalue weighted by atomic mass is 9.99. The fourth-order valence-electron chi connectivity index (χ4n) is 3.92. The molecule has 0 spiro atoms. The van der Waals surface area contributed by atoms with Crippen molar-refractivity contribution >= 4 is 33.6 Å². The zero-order valence-electron chi connectivity index (χ0n) is 21.9. The Balaban J connectivity index is 0.00000198. The predicted molar refractivity (Wildman–Crippen MR) is 147 cm³/mol. The Morgan fingerprint density at radius 3 is 2.10 bits per heavy atom. The van der Waals surface area contributed by atoms with Gasteiger partial charge in [0, 0.05) is 21.5 Å². The fourth-order valence-corrected chi connectivity index (χ4v) is 4.98. The first-order valence-corrected chi connectivity index (χ1v) is 13.6. The molecule has 5 rings (SSSR count). The van der Waals surface area contributed by atoms with Gasteiger partial charge in [0.2, 0.25) is 45.9 Å². The van der Waals surface area contributed by atoms with Gasteiger partial charge in [-0.3, -0.25) is 0 Å². The number of nitrogens with zero attached hydrogens (tertiary/aromatic N) is 2. The molecule has 0 amide bonds. The second-order valence-corrected chi connectivity index (χ2v) is 9.68. The zero-order valence-corrected chi connectivity index (χ0v) is 23.5. The molecule has 1 atom stereocenters. The van der Waals surface area contributed by atoms with Crippen LogP contribution < -0.4 is 8.92 Å². The smallest absolute Gasteiger partial charge is 0.240 e. The van der Waals surface area contributed by atoms with Crippen LogP contribution in [-0.4, -0.2) is 21.3 Å². The number of aromatic nitrogens is 2. The lowest BCUT2D eigenvalue weighted by Crippen LogP contribution is -2.09. The highest BCUT2D eigenvalue weighted by Crippen LogP contribution is 2.41. The second-order valence-electron chi connectivity index (χ2n) is 8.16. The van der Waals surface area contributed by atoms with Gasteiger partial charge in [0.15, 0.2) is 0 Å². The molecule has 5 aromatic rings. The number of fused-ring (bicyclic) bond motifs is 1. The lowest BCUT2D eigenvalue weighted by molar-refractivity contribution is 0.352. The van der Waals surface area contributed by atoms with Crippen LogP contribution in [0, 0.1) is 34.9 Å². The van der Waals surface area contributed by atoms with Gasteiger partial charge in [-0.05, 0) is 48.0 Å². The van der Waals surface area contributed by atoms with Gasteiger partial charge in [0.25, 0.3) is 0 Å². The summed E-state index contributed by atoms with van der Waals surface area (Å²) in [4.78, 5) is 8.22. The van der Waals surface area contributed by atoms with Gasteiger partial charge >= 0.3 is 0 Å². The normalized spacial score (nSPS) is 11.6. The highest BCUT2D eigenvalue weighted by molar-refractivity contribution is 7.80. The Morgan fingerprint density at radius 1 is 0.786 bits per heavy atom. The molecule has 4 aromatic carbocycles. The Kier molecular flexibility index (Phi) is 9.37. The maximum atomic E-state index is 14.0. The summed E-state index contributed by atoms with van der Waals surface area (Å²) in [6.07, 6.45) is 1.18. The average molecular weight is 625 g/mol. The highest BCUT2D eigenvalue weighted by Gasteiger charge is 2.29. The van der Waals surface area contributed by atoms with Crippen molar-refractivity contribution in [3.05, 3.63) is 101 Å². The molecule has 0 aliphatic carbocycles. The van der Waals surface area contributed by atoms with Crippen molar-refractivity contribution in [2.45, 2.75) is 18.7 Å². The zero-order chi connectivity index (χ0) is 30.7. The van der Waals surface area contributed by atoms with E-state index in [0.717, 1.165) is 0 Å². The van der Waals surface area contributed by atoms with Gasteiger partial charge in [-0.25, -0.2) is 31.7 Å². The van der Waals surface area contributed by atoms with Crippen LogP contribution in [-0.2, 0) is 11.1 Å².